The molecule has 5 heteroatoms. The van der Waals surface area contributed by atoms with Crippen molar-refractivity contribution >= 4 is 11.6 Å². The van der Waals surface area contributed by atoms with Gasteiger partial charge in [-0.05, 0) is 62.1 Å². The molecule has 2 rings (SSSR count). The average molecular weight is 340 g/mol. The smallest absolute Gasteiger partial charge is 0.224 e. The van der Waals surface area contributed by atoms with E-state index in [2.05, 4.69) is 5.32 Å². The number of unbranched alkanes of at least 4 members (excludes halogenated alkanes) is 1. The highest BCUT2D eigenvalue weighted by Crippen LogP contribution is 2.19. The lowest BCUT2D eigenvalue weighted by Gasteiger charge is -2.10. The number of benzene rings is 2. The van der Waals surface area contributed by atoms with Gasteiger partial charge in [-0.3, -0.25) is 4.79 Å². The van der Waals surface area contributed by atoms with Gasteiger partial charge in [-0.25, -0.2) is 4.39 Å². The molecule has 0 heterocycles. The summed E-state index contributed by atoms with van der Waals surface area (Å²) in [6.45, 7) is 4.57. The molecule has 0 saturated carbocycles. The van der Waals surface area contributed by atoms with Gasteiger partial charge in [0.05, 0.1) is 12.2 Å². The third-order valence-electron chi connectivity index (χ3n) is 3.77. The standard InChI is InChI=1S/C20H21FN2O2/c1-14-6-7-15(2)19(11-14)25-10-4-3-5-20(24)23-17-8-9-18(21)16(12-17)13-22/h6-9,11-12H,3-5,10H2,1-2H3,(H,23,24). The van der Waals surface area contributed by atoms with Gasteiger partial charge in [0.15, 0.2) is 0 Å². The molecule has 0 aliphatic carbocycles. The number of halogens is 1. The molecule has 0 fully saturated rings. The van der Waals surface area contributed by atoms with Crippen LogP contribution in [0, 0.1) is 31.0 Å². The zero-order chi connectivity index (χ0) is 18.2. The molecule has 0 aliphatic rings. The fourth-order valence-electron chi connectivity index (χ4n) is 2.34. The van der Waals surface area contributed by atoms with Crippen LogP contribution in [0.3, 0.4) is 0 Å². The molecule has 0 radical (unpaired) electrons. The highest BCUT2D eigenvalue weighted by Gasteiger charge is 2.06. The molecule has 0 atom stereocenters. The van der Waals surface area contributed by atoms with E-state index >= 15 is 0 Å². The van der Waals surface area contributed by atoms with Crippen molar-refractivity contribution in [3.05, 3.63) is 58.9 Å². The van der Waals surface area contributed by atoms with E-state index in [1.54, 1.807) is 6.07 Å². The predicted molar refractivity (Wildman–Crippen MR) is 95.0 cm³/mol. The number of hydrogen-bond donors (Lipinski definition) is 1. The summed E-state index contributed by atoms with van der Waals surface area (Å²) < 4.78 is 19.0. The summed E-state index contributed by atoms with van der Waals surface area (Å²) in [7, 11) is 0. The SMILES string of the molecule is Cc1ccc(C)c(OCCCCC(=O)Nc2ccc(F)c(C#N)c2)c1. The number of nitriles is 1. The zero-order valence-electron chi connectivity index (χ0n) is 14.4. The van der Waals surface area contributed by atoms with E-state index < -0.39 is 5.82 Å². The Kier molecular flexibility index (Phi) is 6.53. The van der Waals surface area contributed by atoms with E-state index in [0.717, 1.165) is 23.3 Å². The molecule has 4 nitrogen and oxygen atoms in total. The highest BCUT2D eigenvalue weighted by atomic mass is 19.1. The number of nitrogens with zero attached hydrogens (tertiary/aromatic N) is 1. The van der Waals surface area contributed by atoms with Crippen LogP contribution in [0.2, 0.25) is 0 Å². The lowest BCUT2D eigenvalue weighted by Crippen LogP contribution is -2.12. The minimum atomic E-state index is -0.593. The Hall–Kier alpha value is -2.87. The van der Waals surface area contributed by atoms with Crippen molar-refractivity contribution in [2.24, 2.45) is 0 Å². The third-order valence-corrected chi connectivity index (χ3v) is 3.77. The van der Waals surface area contributed by atoms with Crippen LogP contribution in [-0.2, 0) is 4.79 Å². The second kappa shape index (κ2) is 8.84. The van der Waals surface area contributed by atoms with Gasteiger partial charge in [-0.2, -0.15) is 5.26 Å². The van der Waals surface area contributed by atoms with Crippen LogP contribution in [0.1, 0.15) is 36.0 Å². The number of carbonyl (C=O) groups excluding carboxylic acids is 1. The summed E-state index contributed by atoms with van der Waals surface area (Å²) in [6.07, 6.45) is 1.78. The average Bonchev–Trinajstić information content (AvgIpc) is 2.59. The Bertz CT molecular complexity index is 797. The Morgan fingerprint density at radius 2 is 2.00 bits per heavy atom. The molecule has 0 bridgehead atoms. The van der Waals surface area contributed by atoms with Gasteiger partial charge in [0.2, 0.25) is 5.91 Å². The van der Waals surface area contributed by atoms with Crippen LogP contribution in [0.4, 0.5) is 10.1 Å². The largest absolute Gasteiger partial charge is 0.493 e. The molecule has 25 heavy (non-hydrogen) atoms. The van der Waals surface area contributed by atoms with Crippen molar-refractivity contribution in [2.75, 3.05) is 11.9 Å². The van der Waals surface area contributed by atoms with Crippen molar-refractivity contribution in [1.29, 1.82) is 5.26 Å². The van der Waals surface area contributed by atoms with E-state index in [-0.39, 0.29) is 11.5 Å². The van der Waals surface area contributed by atoms with Crippen LogP contribution in [0.15, 0.2) is 36.4 Å². The number of nitrogens with one attached hydrogen (secondary N) is 1. The van der Waals surface area contributed by atoms with Gasteiger partial charge in [-0.15, -0.1) is 0 Å². The van der Waals surface area contributed by atoms with Gasteiger partial charge in [0.25, 0.3) is 0 Å². The Labute approximate surface area is 147 Å². The lowest BCUT2D eigenvalue weighted by atomic mass is 10.1. The maximum atomic E-state index is 13.2. The van der Waals surface area contributed by atoms with Gasteiger partial charge in [0.1, 0.15) is 17.6 Å². The third kappa shape index (κ3) is 5.61. The molecule has 0 saturated heterocycles. The quantitative estimate of drug-likeness (QED) is 0.755. The molecular weight excluding hydrogens is 319 g/mol. The van der Waals surface area contributed by atoms with Crippen LogP contribution >= 0.6 is 0 Å². The second-order valence-electron chi connectivity index (χ2n) is 5.93. The number of amides is 1. The normalized spacial score (nSPS) is 10.2. The molecule has 0 unspecified atom stereocenters. The molecular formula is C20H21FN2O2. The Morgan fingerprint density at radius 3 is 2.76 bits per heavy atom. The topological polar surface area (TPSA) is 62.1 Å². The zero-order valence-corrected chi connectivity index (χ0v) is 14.4. The summed E-state index contributed by atoms with van der Waals surface area (Å²) in [5, 5.41) is 11.5. The molecule has 1 N–H and O–H groups in total. The number of anilines is 1. The molecule has 130 valence electrons. The summed E-state index contributed by atoms with van der Waals surface area (Å²) >= 11 is 0. The first-order valence-corrected chi connectivity index (χ1v) is 8.19. The molecule has 0 spiro atoms. The Balaban J connectivity index is 1.72. The number of rotatable bonds is 7. The number of ether oxygens (including phenoxy) is 1. The van der Waals surface area contributed by atoms with Crippen LogP contribution in [-0.4, -0.2) is 12.5 Å². The molecule has 2 aromatic rings. The first-order chi connectivity index (χ1) is 12.0. The molecule has 1 amide bonds. The minimum Gasteiger partial charge on any atom is -0.493 e. The lowest BCUT2D eigenvalue weighted by molar-refractivity contribution is -0.116. The van der Waals surface area contributed by atoms with E-state index in [4.69, 9.17) is 10.00 Å². The van der Waals surface area contributed by atoms with Crippen LogP contribution in [0.25, 0.3) is 0 Å². The maximum Gasteiger partial charge on any atom is 0.224 e. The fourth-order valence-corrected chi connectivity index (χ4v) is 2.34. The van der Waals surface area contributed by atoms with Crippen molar-refractivity contribution < 1.29 is 13.9 Å². The number of carbonyl (C=O) groups is 1. The molecule has 0 aliphatic heterocycles. The van der Waals surface area contributed by atoms with Crippen molar-refractivity contribution in [2.45, 2.75) is 33.1 Å². The van der Waals surface area contributed by atoms with Crippen LogP contribution < -0.4 is 10.1 Å². The van der Waals surface area contributed by atoms with Gasteiger partial charge < -0.3 is 10.1 Å². The summed E-state index contributed by atoms with van der Waals surface area (Å²) in [5.74, 6) is 0.117. The van der Waals surface area contributed by atoms with E-state index in [9.17, 15) is 9.18 Å². The molecule has 0 aromatic heterocycles. The van der Waals surface area contributed by atoms with Gasteiger partial charge in [0, 0.05) is 12.1 Å². The fraction of sp³-hybridized carbons (Fsp3) is 0.300. The number of aryl methyl sites for hydroxylation is 2. The predicted octanol–water partition coefficient (Wildman–Crippen LogP) is 4.50. The first-order valence-electron chi connectivity index (χ1n) is 8.19. The Morgan fingerprint density at radius 1 is 1.20 bits per heavy atom. The van der Waals surface area contributed by atoms with Crippen molar-refractivity contribution in [3.8, 4) is 11.8 Å². The molecule has 2 aromatic carbocycles. The summed E-state index contributed by atoms with van der Waals surface area (Å²) in [6, 6.07) is 11.8. The van der Waals surface area contributed by atoms with E-state index in [0.29, 0.717) is 25.1 Å². The highest BCUT2D eigenvalue weighted by molar-refractivity contribution is 5.90. The van der Waals surface area contributed by atoms with Crippen molar-refractivity contribution in [1.82, 2.24) is 0 Å². The van der Waals surface area contributed by atoms with Crippen molar-refractivity contribution in [3.63, 3.8) is 0 Å². The number of hydrogen-bond acceptors (Lipinski definition) is 3. The monoisotopic (exact) mass is 340 g/mol. The maximum absolute atomic E-state index is 13.2. The minimum absolute atomic E-state index is 0.0836. The first kappa shape index (κ1) is 18.5. The second-order valence-corrected chi connectivity index (χ2v) is 5.93. The summed E-state index contributed by atoms with van der Waals surface area (Å²) in [4.78, 5) is 11.9. The van der Waals surface area contributed by atoms with Gasteiger partial charge >= 0.3 is 0 Å². The van der Waals surface area contributed by atoms with E-state index in [1.807, 2.05) is 32.0 Å². The summed E-state index contributed by atoms with van der Waals surface area (Å²) in [5.41, 5.74) is 2.58. The van der Waals surface area contributed by atoms with Gasteiger partial charge in [-0.1, -0.05) is 12.1 Å². The van der Waals surface area contributed by atoms with Crippen LogP contribution in [0.5, 0.6) is 5.75 Å². The van der Waals surface area contributed by atoms with E-state index in [1.165, 1.54) is 18.2 Å².